The molecule has 0 bridgehead atoms. The highest BCUT2D eigenvalue weighted by Crippen LogP contribution is 2.45. The Kier molecular flexibility index (Phi) is 9.05. The van der Waals surface area contributed by atoms with Crippen molar-refractivity contribution in [2.24, 2.45) is 5.92 Å². The summed E-state index contributed by atoms with van der Waals surface area (Å²) in [6, 6.07) is 17.7. The van der Waals surface area contributed by atoms with Gasteiger partial charge in [0.1, 0.15) is 4.90 Å². The van der Waals surface area contributed by atoms with Crippen molar-refractivity contribution < 1.29 is 23.7 Å². The number of para-hydroxylation sites is 1. The Bertz CT molecular complexity index is 1600. The van der Waals surface area contributed by atoms with Gasteiger partial charge in [0.15, 0.2) is 6.29 Å². The van der Waals surface area contributed by atoms with Gasteiger partial charge in [0.2, 0.25) is 10.0 Å². The van der Waals surface area contributed by atoms with E-state index in [4.69, 9.17) is 17.0 Å². The maximum Gasteiger partial charge on any atom is 0.245 e. The molecule has 0 saturated heterocycles. The third-order valence-electron chi connectivity index (χ3n) is 8.94. The van der Waals surface area contributed by atoms with Gasteiger partial charge in [-0.3, -0.25) is 0 Å². The van der Waals surface area contributed by atoms with Crippen LogP contribution in [-0.2, 0) is 16.4 Å². The molecule has 1 aliphatic carbocycles. The minimum Gasteiger partial charge on any atom is -0.385 e. The molecule has 1 aliphatic heterocycles. The quantitative estimate of drug-likeness (QED) is 0.187. The number of sulfonamides is 1. The molecule has 3 aromatic rings. The topological polar surface area (TPSA) is 125 Å². The summed E-state index contributed by atoms with van der Waals surface area (Å²) in [6.45, 7) is 3.50. The number of aliphatic hydroxyl groups is 3. The molecule has 0 amide bonds. The molecule has 1 saturated carbocycles. The van der Waals surface area contributed by atoms with Crippen LogP contribution in [0.2, 0.25) is 5.02 Å². The lowest BCUT2D eigenvalue weighted by Gasteiger charge is -2.36. The van der Waals surface area contributed by atoms with E-state index in [1.807, 2.05) is 30.3 Å². The number of aliphatic hydroxyl groups excluding tert-OH is 1. The Morgan fingerprint density at radius 2 is 1.72 bits per heavy atom. The van der Waals surface area contributed by atoms with Crippen LogP contribution in [0.3, 0.4) is 0 Å². The van der Waals surface area contributed by atoms with E-state index in [0.717, 1.165) is 31.4 Å². The molecule has 1 fully saturated rings. The fourth-order valence-corrected chi connectivity index (χ4v) is 8.18. The van der Waals surface area contributed by atoms with Crippen LogP contribution in [0.5, 0.6) is 0 Å². The number of rotatable bonds is 7. The first-order valence-electron chi connectivity index (χ1n) is 14.7. The van der Waals surface area contributed by atoms with Crippen LogP contribution in [0.25, 0.3) is 11.1 Å². The summed E-state index contributed by atoms with van der Waals surface area (Å²) in [6.07, 6.45) is 3.49. The second-order valence-electron chi connectivity index (χ2n) is 12.2. The molecule has 5 rings (SSSR count). The van der Waals surface area contributed by atoms with Crippen LogP contribution in [-0.4, -0.2) is 59.0 Å². The standard InChI is InChI=1S/C33H40ClN3O5S/c1-33(2,40)31(35)17-23-15-14-22(16-26(23)32(38)39)25-18-30-28(19-27(25)34)37(24-12-8-5-9-13-24)20-29(36(3)43(30,41)42)21-10-6-4-7-11-21/h5,8-9,12-16,18-19,21,29,32,35,38-40H,4,6-7,10-11,17,20H2,1-3H3. The lowest BCUT2D eigenvalue weighted by atomic mass is 9.83. The smallest absolute Gasteiger partial charge is 0.245 e. The van der Waals surface area contributed by atoms with Gasteiger partial charge in [-0.15, -0.1) is 0 Å². The van der Waals surface area contributed by atoms with E-state index in [1.54, 1.807) is 37.4 Å². The van der Waals surface area contributed by atoms with Gasteiger partial charge in [0.25, 0.3) is 0 Å². The lowest BCUT2D eigenvalue weighted by Crippen LogP contribution is -2.46. The third-order valence-corrected chi connectivity index (χ3v) is 11.2. The van der Waals surface area contributed by atoms with Gasteiger partial charge in [-0.1, -0.05) is 61.2 Å². The van der Waals surface area contributed by atoms with Crippen molar-refractivity contribution >= 4 is 38.7 Å². The van der Waals surface area contributed by atoms with E-state index < -0.39 is 21.9 Å². The van der Waals surface area contributed by atoms with Crippen molar-refractivity contribution in [1.82, 2.24) is 4.31 Å². The molecular formula is C33H40ClN3O5S. The molecule has 3 aromatic carbocycles. The molecule has 2 aliphatic rings. The fraction of sp³-hybridized carbons (Fsp3) is 0.424. The Labute approximate surface area is 259 Å². The number of nitrogens with zero attached hydrogens (tertiary/aromatic N) is 2. The normalized spacial score (nSPS) is 19.7. The molecule has 0 aromatic heterocycles. The van der Waals surface area contributed by atoms with E-state index in [9.17, 15) is 23.7 Å². The van der Waals surface area contributed by atoms with E-state index in [2.05, 4.69) is 4.90 Å². The average Bonchev–Trinajstić information content (AvgIpc) is 3.05. The zero-order valence-corrected chi connectivity index (χ0v) is 26.4. The number of nitrogens with one attached hydrogen (secondary N) is 1. The summed E-state index contributed by atoms with van der Waals surface area (Å²) in [5.41, 5.74) is 1.60. The zero-order valence-electron chi connectivity index (χ0n) is 24.8. The van der Waals surface area contributed by atoms with E-state index in [-0.39, 0.29) is 34.6 Å². The minimum atomic E-state index is -3.93. The van der Waals surface area contributed by atoms with Crippen LogP contribution in [0.4, 0.5) is 11.4 Å². The van der Waals surface area contributed by atoms with Gasteiger partial charge in [0.05, 0.1) is 16.3 Å². The SMILES string of the molecule is CN1C(C2CCCCC2)CN(c2ccccc2)c2cc(Cl)c(-c3ccc(CC(=N)C(C)(C)O)c(C(O)O)c3)cc2S1(=O)=O. The molecule has 1 atom stereocenters. The average molecular weight is 626 g/mol. The molecule has 1 unspecified atom stereocenters. The lowest BCUT2D eigenvalue weighted by molar-refractivity contribution is -0.0430. The Morgan fingerprint density at radius 1 is 1.05 bits per heavy atom. The highest BCUT2D eigenvalue weighted by atomic mass is 35.5. The minimum absolute atomic E-state index is 0.0163. The maximum absolute atomic E-state index is 14.3. The summed E-state index contributed by atoms with van der Waals surface area (Å²) in [4.78, 5) is 2.19. The van der Waals surface area contributed by atoms with Crippen LogP contribution >= 0.6 is 11.6 Å². The Hall–Kier alpha value is -2.79. The van der Waals surface area contributed by atoms with E-state index in [1.165, 1.54) is 24.6 Å². The van der Waals surface area contributed by atoms with Gasteiger partial charge in [-0.05, 0) is 74.1 Å². The van der Waals surface area contributed by atoms with Crippen molar-refractivity contribution in [2.45, 2.75) is 75.2 Å². The van der Waals surface area contributed by atoms with E-state index >= 15 is 0 Å². The molecule has 43 heavy (non-hydrogen) atoms. The molecule has 8 nitrogen and oxygen atoms in total. The predicted molar refractivity (Wildman–Crippen MR) is 171 cm³/mol. The molecule has 10 heteroatoms. The Balaban J connectivity index is 1.65. The number of likely N-dealkylation sites (N-methyl/N-ethyl adjacent to an activating group) is 1. The van der Waals surface area contributed by atoms with Gasteiger partial charge in [-0.25, -0.2) is 8.42 Å². The first-order chi connectivity index (χ1) is 20.3. The third kappa shape index (κ3) is 6.38. The van der Waals surface area contributed by atoms with Gasteiger partial charge < -0.3 is 25.6 Å². The summed E-state index contributed by atoms with van der Waals surface area (Å²) in [5, 5.41) is 39.2. The molecule has 230 valence electrons. The number of hydrogen-bond donors (Lipinski definition) is 4. The monoisotopic (exact) mass is 625 g/mol. The molecule has 0 radical (unpaired) electrons. The van der Waals surface area contributed by atoms with Crippen molar-refractivity contribution in [3.8, 4) is 11.1 Å². The van der Waals surface area contributed by atoms with Gasteiger partial charge in [0, 0.05) is 48.6 Å². The first-order valence-corrected chi connectivity index (χ1v) is 16.5. The highest BCUT2D eigenvalue weighted by Gasteiger charge is 2.41. The van der Waals surface area contributed by atoms with Crippen molar-refractivity contribution in [3.63, 3.8) is 0 Å². The summed E-state index contributed by atoms with van der Waals surface area (Å²) in [5.74, 6) is 0.243. The number of anilines is 2. The zero-order chi connectivity index (χ0) is 31.1. The number of hydrogen-bond acceptors (Lipinski definition) is 7. The van der Waals surface area contributed by atoms with Crippen molar-refractivity contribution in [1.29, 1.82) is 5.41 Å². The summed E-state index contributed by atoms with van der Waals surface area (Å²) in [7, 11) is -2.26. The largest absolute Gasteiger partial charge is 0.385 e. The van der Waals surface area contributed by atoms with Gasteiger partial charge >= 0.3 is 0 Å². The molecular weight excluding hydrogens is 586 g/mol. The number of halogens is 1. The van der Waals surface area contributed by atoms with Crippen LogP contribution < -0.4 is 4.90 Å². The van der Waals surface area contributed by atoms with Crippen molar-refractivity contribution in [2.75, 3.05) is 18.5 Å². The van der Waals surface area contributed by atoms with E-state index in [0.29, 0.717) is 33.9 Å². The summed E-state index contributed by atoms with van der Waals surface area (Å²) < 4.78 is 30.2. The number of fused-ring (bicyclic) bond motifs is 1. The van der Waals surface area contributed by atoms with Crippen LogP contribution in [0, 0.1) is 11.3 Å². The fourth-order valence-electron chi connectivity index (χ4n) is 6.30. The van der Waals surface area contributed by atoms with Crippen LogP contribution in [0.1, 0.15) is 63.4 Å². The maximum atomic E-state index is 14.3. The molecule has 4 N–H and O–H groups in total. The molecule has 0 spiro atoms. The molecule has 1 heterocycles. The summed E-state index contributed by atoms with van der Waals surface area (Å²) >= 11 is 6.90. The Morgan fingerprint density at radius 3 is 2.35 bits per heavy atom. The highest BCUT2D eigenvalue weighted by molar-refractivity contribution is 7.89. The second kappa shape index (κ2) is 12.3. The van der Waals surface area contributed by atoms with Gasteiger partial charge in [-0.2, -0.15) is 4.31 Å². The first kappa shape index (κ1) is 31.6. The second-order valence-corrected chi connectivity index (χ2v) is 14.6. The van der Waals surface area contributed by atoms with Crippen molar-refractivity contribution in [3.05, 3.63) is 76.8 Å². The predicted octanol–water partition coefficient (Wildman–Crippen LogP) is 6.04. The van der Waals surface area contributed by atoms with Crippen LogP contribution in [0.15, 0.2) is 65.6 Å². The number of benzene rings is 3.